The Morgan fingerprint density at radius 3 is 2.78 bits per heavy atom. The zero-order valence-corrected chi connectivity index (χ0v) is 18.6. The molecule has 166 valence electrons. The average Bonchev–Trinajstić information content (AvgIpc) is 3.53. The van der Waals surface area contributed by atoms with E-state index in [1.54, 1.807) is 6.20 Å². The number of aliphatic hydroxyl groups is 2. The van der Waals surface area contributed by atoms with Gasteiger partial charge < -0.3 is 23.9 Å². The van der Waals surface area contributed by atoms with Gasteiger partial charge in [0.1, 0.15) is 18.1 Å². The molecular formula is C23H24ClN5O3. The number of imidazole rings is 1. The molecule has 9 heteroatoms. The fourth-order valence-corrected chi connectivity index (χ4v) is 5.89. The predicted octanol–water partition coefficient (Wildman–Crippen LogP) is 3.16. The van der Waals surface area contributed by atoms with Crippen LogP contribution < -0.4 is 0 Å². The van der Waals surface area contributed by atoms with Gasteiger partial charge in [0.25, 0.3) is 0 Å². The van der Waals surface area contributed by atoms with E-state index >= 15 is 0 Å². The topological polar surface area (TPSA) is 97.7 Å². The summed E-state index contributed by atoms with van der Waals surface area (Å²) >= 11 is 6.69. The summed E-state index contributed by atoms with van der Waals surface area (Å²) in [6.07, 6.45) is 6.25. The van der Waals surface area contributed by atoms with Crippen LogP contribution in [0.1, 0.15) is 41.9 Å². The Morgan fingerprint density at radius 2 is 1.94 bits per heavy atom. The summed E-state index contributed by atoms with van der Waals surface area (Å²) in [6, 6.07) is 3.62. The van der Waals surface area contributed by atoms with Crippen LogP contribution >= 0.6 is 11.6 Å². The molecule has 1 aliphatic carbocycles. The van der Waals surface area contributed by atoms with Crippen molar-refractivity contribution in [2.75, 3.05) is 6.61 Å². The Hall–Kier alpha value is -2.52. The average molecular weight is 454 g/mol. The quantitative estimate of drug-likeness (QED) is 0.484. The second-order valence-electron chi connectivity index (χ2n) is 9.17. The summed E-state index contributed by atoms with van der Waals surface area (Å²) in [4.78, 5) is 13.1. The van der Waals surface area contributed by atoms with Crippen molar-refractivity contribution in [1.82, 2.24) is 23.9 Å². The Bertz CT molecular complexity index is 1350. The van der Waals surface area contributed by atoms with Crippen LogP contribution in [0.5, 0.6) is 0 Å². The van der Waals surface area contributed by atoms with Gasteiger partial charge in [0.15, 0.2) is 5.65 Å². The number of fused-ring (bicyclic) bond motifs is 2. The summed E-state index contributed by atoms with van der Waals surface area (Å²) < 4.78 is 10.1. The van der Waals surface area contributed by atoms with Crippen LogP contribution in [0, 0.1) is 19.3 Å². The van der Waals surface area contributed by atoms with Crippen molar-refractivity contribution in [1.29, 1.82) is 0 Å². The van der Waals surface area contributed by atoms with Gasteiger partial charge in [-0.3, -0.25) is 0 Å². The van der Waals surface area contributed by atoms with E-state index in [2.05, 4.69) is 15.0 Å². The van der Waals surface area contributed by atoms with Crippen LogP contribution in [0.25, 0.3) is 16.7 Å². The number of halogens is 1. The predicted molar refractivity (Wildman–Crippen MR) is 119 cm³/mol. The lowest BCUT2D eigenvalue weighted by Crippen LogP contribution is -2.37. The number of nitrogens with zero attached hydrogens (tertiary/aromatic N) is 5. The first-order valence-corrected chi connectivity index (χ1v) is 11.2. The number of aryl methyl sites for hydroxylation is 2. The van der Waals surface area contributed by atoms with Crippen molar-refractivity contribution in [3.63, 3.8) is 0 Å². The third-order valence-corrected chi connectivity index (χ3v) is 7.76. The standard InChI is InChI=1S/C23H24ClN5O3/c1-12-9-25-22-18(24)15(4-5-28(12)22)17-8-23(10-32-17)7-16(19(30)20(23)31)29-6-3-14-13(2)26-11-27-21(14)29/h3-6,9,11,16-17,19-20,30-31H,7-8,10H2,1-2H3. The van der Waals surface area contributed by atoms with Crippen molar-refractivity contribution < 1.29 is 14.9 Å². The normalized spacial score (nSPS) is 30.3. The van der Waals surface area contributed by atoms with Crippen LogP contribution in [-0.4, -0.2) is 52.9 Å². The molecule has 5 heterocycles. The lowest BCUT2D eigenvalue weighted by Gasteiger charge is -2.26. The second kappa shape index (κ2) is 6.99. The van der Waals surface area contributed by atoms with E-state index in [0.717, 1.165) is 28.0 Å². The highest BCUT2D eigenvalue weighted by Gasteiger charge is 2.57. The molecule has 2 fully saturated rings. The van der Waals surface area contributed by atoms with Gasteiger partial charge in [-0.2, -0.15) is 0 Å². The minimum Gasteiger partial charge on any atom is -0.390 e. The third-order valence-electron chi connectivity index (χ3n) is 7.37. The van der Waals surface area contributed by atoms with Gasteiger partial charge in [-0.15, -0.1) is 0 Å². The Balaban J connectivity index is 1.33. The highest BCUT2D eigenvalue weighted by Crippen LogP contribution is 2.55. The van der Waals surface area contributed by atoms with Crippen LogP contribution in [0.2, 0.25) is 5.02 Å². The molecule has 0 aromatic carbocycles. The number of aliphatic hydroxyl groups excluding tert-OH is 2. The number of aromatic nitrogens is 5. The monoisotopic (exact) mass is 453 g/mol. The van der Waals surface area contributed by atoms with E-state index < -0.39 is 17.6 Å². The summed E-state index contributed by atoms with van der Waals surface area (Å²) in [6.45, 7) is 4.27. The largest absolute Gasteiger partial charge is 0.390 e. The van der Waals surface area contributed by atoms with Gasteiger partial charge in [0.05, 0.1) is 35.6 Å². The van der Waals surface area contributed by atoms with Crippen molar-refractivity contribution >= 4 is 28.3 Å². The first kappa shape index (κ1) is 20.1. The molecule has 1 spiro atoms. The molecule has 1 aliphatic heterocycles. The van der Waals surface area contributed by atoms with Gasteiger partial charge in [0, 0.05) is 40.6 Å². The molecule has 2 aliphatic rings. The van der Waals surface area contributed by atoms with Crippen molar-refractivity contribution in [2.45, 2.75) is 51.0 Å². The van der Waals surface area contributed by atoms with Crippen molar-refractivity contribution in [3.8, 4) is 0 Å². The molecule has 1 saturated carbocycles. The van der Waals surface area contributed by atoms with Crippen LogP contribution in [-0.2, 0) is 4.74 Å². The van der Waals surface area contributed by atoms with E-state index in [4.69, 9.17) is 16.3 Å². The van der Waals surface area contributed by atoms with Crippen LogP contribution in [0.15, 0.2) is 37.1 Å². The number of rotatable bonds is 2. The molecule has 0 bridgehead atoms. The minimum atomic E-state index is -0.920. The molecule has 32 heavy (non-hydrogen) atoms. The zero-order valence-electron chi connectivity index (χ0n) is 17.8. The van der Waals surface area contributed by atoms with E-state index in [0.29, 0.717) is 30.1 Å². The number of hydrogen-bond acceptors (Lipinski definition) is 6. The highest BCUT2D eigenvalue weighted by molar-refractivity contribution is 6.34. The first-order valence-electron chi connectivity index (χ1n) is 10.8. The third kappa shape index (κ3) is 2.70. The fourth-order valence-electron chi connectivity index (χ4n) is 5.56. The lowest BCUT2D eigenvalue weighted by molar-refractivity contribution is -0.0309. The molecule has 4 aromatic rings. The number of pyridine rings is 1. The first-order chi connectivity index (χ1) is 15.4. The molecule has 4 aromatic heterocycles. The highest BCUT2D eigenvalue weighted by atomic mass is 35.5. The summed E-state index contributed by atoms with van der Waals surface area (Å²) in [5, 5.41) is 23.7. The molecular weight excluding hydrogens is 430 g/mol. The smallest absolute Gasteiger partial charge is 0.156 e. The van der Waals surface area contributed by atoms with E-state index in [1.807, 2.05) is 47.3 Å². The Labute approximate surface area is 189 Å². The molecule has 8 nitrogen and oxygen atoms in total. The van der Waals surface area contributed by atoms with Gasteiger partial charge in [-0.05, 0) is 38.8 Å². The fraction of sp³-hybridized carbons (Fsp3) is 0.435. The Kier molecular flexibility index (Phi) is 4.39. The maximum Gasteiger partial charge on any atom is 0.156 e. The van der Waals surface area contributed by atoms with E-state index in [-0.39, 0.29) is 12.1 Å². The SMILES string of the molecule is Cc1ncnc2c1ccn2C1CC2(COC(c3ccn4c(C)cnc4c3Cl)C2)C(O)C1O. The molecule has 1 saturated heterocycles. The molecule has 5 atom stereocenters. The molecule has 0 amide bonds. The number of hydrogen-bond donors (Lipinski definition) is 2. The summed E-state index contributed by atoms with van der Waals surface area (Å²) in [5.41, 5.74) is 3.66. The lowest BCUT2D eigenvalue weighted by atomic mass is 9.80. The van der Waals surface area contributed by atoms with Gasteiger partial charge in [-0.25, -0.2) is 15.0 Å². The maximum absolute atomic E-state index is 11.1. The Morgan fingerprint density at radius 1 is 1.09 bits per heavy atom. The van der Waals surface area contributed by atoms with Crippen LogP contribution in [0.3, 0.4) is 0 Å². The van der Waals surface area contributed by atoms with Gasteiger partial charge in [0.2, 0.25) is 0 Å². The minimum absolute atomic E-state index is 0.268. The molecule has 6 rings (SSSR count). The van der Waals surface area contributed by atoms with Crippen molar-refractivity contribution in [2.24, 2.45) is 5.41 Å². The van der Waals surface area contributed by atoms with Crippen molar-refractivity contribution in [3.05, 3.63) is 59.0 Å². The second-order valence-corrected chi connectivity index (χ2v) is 9.55. The van der Waals surface area contributed by atoms with E-state index in [1.165, 1.54) is 6.33 Å². The van der Waals surface area contributed by atoms with Gasteiger partial charge in [-0.1, -0.05) is 11.6 Å². The summed E-state index contributed by atoms with van der Waals surface area (Å²) in [7, 11) is 0. The zero-order chi connectivity index (χ0) is 22.2. The summed E-state index contributed by atoms with van der Waals surface area (Å²) in [5.74, 6) is 0. The van der Waals surface area contributed by atoms with E-state index in [9.17, 15) is 10.2 Å². The maximum atomic E-state index is 11.1. The van der Waals surface area contributed by atoms with Crippen LogP contribution in [0.4, 0.5) is 0 Å². The molecule has 5 unspecified atom stereocenters. The van der Waals surface area contributed by atoms with Gasteiger partial charge >= 0.3 is 0 Å². The number of ether oxygens (including phenoxy) is 1. The molecule has 0 radical (unpaired) electrons. The molecule has 2 N–H and O–H groups in total.